The number of hydrogen-bond acceptors (Lipinski definition) is 5. The first kappa shape index (κ1) is 12.0. The van der Waals surface area contributed by atoms with Gasteiger partial charge in [0.05, 0.1) is 5.69 Å². The van der Waals surface area contributed by atoms with Crippen LogP contribution in [0.3, 0.4) is 0 Å². The van der Waals surface area contributed by atoms with Crippen molar-refractivity contribution < 1.29 is 0 Å². The standard InChI is InChI=1S/C14H17N5/c1-3-12(10-16-4-1)13-9-14(18-11-17-13)19-7-2-5-15-6-8-19/h1,3-4,9-11,15H,2,5-8H2. The van der Waals surface area contributed by atoms with Gasteiger partial charge in [0.2, 0.25) is 0 Å². The van der Waals surface area contributed by atoms with Crippen molar-refractivity contribution in [3.63, 3.8) is 0 Å². The minimum Gasteiger partial charge on any atom is -0.355 e. The van der Waals surface area contributed by atoms with Gasteiger partial charge in [0, 0.05) is 43.7 Å². The van der Waals surface area contributed by atoms with Gasteiger partial charge < -0.3 is 10.2 Å². The van der Waals surface area contributed by atoms with E-state index in [2.05, 4.69) is 25.2 Å². The molecule has 1 saturated heterocycles. The van der Waals surface area contributed by atoms with Crippen LogP contribution in [0.5, 0.6) is 0 Å². The van der Waals surface area contributed by atoms with E-state index in [-0.39, 0.29) is 0 Å². The molecule has 0 aliphatic carbocycles. The highest BCUT2D eigenvalue weighted by Crippen LogP contribution is 2.20. The van der Waals surface area contributed by atoms with Gasteiger partial charge in [0.25, 0.3) is 0 Å². The number of nitrogens with one attached hydrogen (secondary N) is 1. The first-order chi connectivity index (χ1) is 9.43. The molecule has 3 rings (SSSR count). The molecule has 2 aromatic heterocycles. The van der Waals surface area contributed by atoms with Gasteiger partial charge in [-0.2, -0.15) is 0 Å². The minimum atomic E-state index is 0.926. The van der Waals surface area contributed by atoms with Crippen molar-refractivity contribution in [1.29, 1.82) is 0 Å². The van der Waals surface area contributed by atoms with Gasteiger partial charge in [-0.3, -0.25) is 4.98 Å². The molecule has 3 heterocycles. The molecule has 5 nitrogen and oxygen atoms in total. The SMILES string of the molecule is c1cncc(-c2cc(N3CCCNCC3)ncn2)c1. The number of pyridine rings is 1. The largest absolute Gasteiger partial charge is 0.355 e. The van der Waals surface area contributed by atoms with Gasteiger partial charge in [-0.25, -0.2) is 9.97 Å². The second-order valence-corrected chi connectivity index (χ2v) is 4.59. The molecule has 19 heavy (non-hydrogen) atoms. The fourth-order valence-corrected chi connectivity index (χ4v) is 2.27. The Bertz CT molecular complexity index is 520. The van der Waals surface area contributed by atoms with Crippen molar-refractivity contribution in [3.8, 4) is 11.3 Å². The Labute approximate surface area is 112 Å². The minimum absolute atomic E-state index is 0.926. The van der Waals surface area contributed by atoms with Gasteiger partial charge in [0.1, 0.15) is 12.1 Å². The number of nitrogens with zero attached hydrogens (tertiary/aromatic N) is 4. The van der Waals surface area contributed by atoms with Crippen LogP contribution >= 0.6 is 0 Å². The Balaban J connectivity index is 1.87. The lowest BCUT2D eigenvalue weighted by molar-refractivity contribution is 0.724. The fraction of sp³-hybridized carbons (Fsp3) is 0.357. The summed E-state index contributed by atoms with van der Waals surface area (Å²) < 4.78 is 0. The molecule has 0 amide bonds. The average molecular weight is 255 g/mol. The molecule has 0 unspecified atom stereocenters. The molecule has 1 aliphatic rings. The van der Waals surface area contributed by atoms with E-state index in [1.807, 2.05) is 24.4 Å². The molecular weight excluding hydrogens is 238 g/mol. The van der Waals surface area contributed by atoms with Crippen molar-refractivity contribution in [1.82, 2.24) is 20.3 Å². The van der Waals surface area contributed by atoms with E-state index >= 15 is 0 Å². The second kappa shape index (κ2) is 5.75. The van der Waals surface area contributed by atoms with Crippen molar-refractivity contribution in [2.45, 2.75) is 6.42 Å². The molecule has 1 aliphatic heterocycles. The Hall–Kier alpha value is -2.01. The number of anilines is 1. The van der Waals surface area contributed by atoms with Crippen molar-refractivity contribution in [2.75, 3.05) is 31.1 Å². The zero-order valence-electron chi connectivity index (χ0n) is 10.8. The molecule has 0 atom stereocenters. The zero-order valence-corrected chi connectivity index (χ0v) is 10.8. The van der Waals surface area contributed by atoms with E-state index in [4.69, 9.17) is 0 Å². The summed E-state index contributed by atoms with van der Waals surface area (Å²) in [6, 6.07) is 5.98. The highest BCUT2D eigenvalue weighted by molar-refractivity contribution is 5.61. The van der Waals surface area contributed by atoms with E-state index in [0.29, 0.717) is 0 Å². The Morgan fingerprint density at radius 3 is 3.05 bits per heavy atom. The summed E-state index contributed by atoms with van der Waals surface area (Å²) in [5.41, 5.74) is 1.95. The van der Waals surface area contributed by atoms with Crippen LogP contribution in [0.25, 0.3) is 11.3 Å². The van der Waals surface area contributed by atoms with Crippen LogP contribution in [-0.4, -0.2) is 41.1 Å². The molecule has 5 heteroatoms. The van der Waals surface area contributed by atoms with E-state index < -0.39 is 0 Å². The van der Waals surface area contributed by atoms with Crippen LogP contribution in [0.4, 0.5) is 5.82 Å². The second-order valence-electron chi connectivity index (χ2n) is 4.59. The molecule has 0 spiro atoms. The summed E-state index contributed by atoms with van der Waals surface area (Å²) in [7, 11) is 0. The average Bonchev–Trinajstić information content (AvgIpc) is 2.77. The maximum Gasteiger partial charge on any atom is 0.132 e. The first-order valence-corrected chi connectivity index (χ1v) is 6.61. The number of aromatic nitrogens is 3. The summed E-state index contributed by atoms with van der Waals surface area (Å²) in [4.78, 5) is 15.2. The molecule has 0 bridgehead atoms. The molecule has 0 aromatic carbocycles. The molecule has 98 valence electrons. The Morgan fingerprint density at radius 2 is 2.16 bits per heavy atom. The fourth-order valence-electron chi connectivity index (χ4n) is 2.27. The van der Waals surface area contributed by atoms with Crippen LogP contribution < -0.4 is 10.2 Å². The number of rotatable bonds is 2. The van der Waals surface area contributed by atoms with Gasteiger partial charge in [-0.05, 0) is 25.1 Å². The highest BCUT2D eigenvalue weighted by atomic mass is 15.2. The van der Waals surface area contributed by atoms with Crippen LogP contribution in [0.1, 0.15) is 6.42 Å². The van der Waals surface area contributed by atoms with E-state index in [0.717, 1.165) is 49.7 Å². The van der Waals surface area contributed by atoms with Crippen LogP contribution in [-0.2, 0) is 0 Å². The summed E-state index contributed by atoms with van der Waals surface area (Å²) in [6.45, 7) is 4.11. The topological polar surface area (TPSA) is 53.9 Å². The van der Waals surface area contributed by atoms with E-state index in [1.54, 1.807) is 12.5 Å². The van der Waals surface area contributed by atoms with Gasteiger partial charge in [-0.15, -0.1) is 0 Å². The molecule has 0 saturated carbocycles. The Morgan fingerprint density at radius 1 is 1.16 bits per heavy atom. The lowest BCUT2D eigenvalue weighted by atomic mass is 10.2. The van der Waals surface area contributed by atoms with Gasteiger partial charge in [0.15, 0.2) is 0 Å². The molecule has 2 aromatic rings. The van der Waals surface area contributed by atoms with Crippen LogP contribution in [0, 0.1) is 0 Å². The third kappa shape index (κ3) is 2.88. The normalized spacial score (nSPS) is 16.1. The van der Waals surface area contributed by atoms with Crippen molar-refractivity contribution >= 4 is 5.82 Å². The summed E-state index contributed by atoms with van der Waals surface area (Å²) in [5, 5.41) is 3.40. The van der Waals surface area contributed by atoms with Gasteiger partial charge >= 0.3 is 0 Å². The van der Waals surface area contributed by atoms with Crippen LogP contribution in [0.2, 0.25) is 0 Å². The lowest BCUT2D eigenvalue weighted by Gasteiger charge is -2.21. The van der Waals surface area contributed by atoms with Crippen molar-refractivity contribution in [2.24, 2.45) is 0 Å². The van der Waals surface area contributed by atoms with Crippen LogP contribution in [0.15, 0.2) is 36.9 Å². The Kier molecular flexibility index (Phi) is 3.65. The van der Waals surface area contributed by atoms with E-state index in [9.17, 15) is 0 Å². The predicted molar refractivity (Wildman–Crippen MR) is 75.0 cm³/mol. The lowest BCUT2D eigenvalue weighted by Crippen LogP contribution is -2.28. The first-order valence-electron chi connectivity index (χ1n) is 6.61. The highest BCUT2D eigenvalue weighted by Gasteiger charge is 2.11. The third-order valence-corrected chi connectivity index (χ3v) is 3.27. The summed E-state index contributed by atoms with van der Waals surface area (Å²) >= 11 is 0. The maximum atomic E-state index is 4.40. The zero-order chi connectivity index (χ0) is 12.9. The van der Waals surface area contributed by atoms with Gasteiger partial charge in [-0.1, -0.05) is 0 Å². The molecule has 1 fully saturated rings. The smallest absolute Gasteiger partial charge is 0.132 e. The van der Waals surface area contributed by atoms with E-state index in [1.165, 1.54) is 0 Å². The third-order valence-electron chi connectivity index (χ3n) is 3.27. The monoisotopic (exact) mass is 255 g/mol. The molecule has 0 radical (unpaired) electrons. The predicted octanol–water partition coefficient (Wildman–Crippen LogP) is 1.34. The summed E-state index contributed by atoms with van der Waals surface area (Å²) in [5.74, 6) is 0.998. The summed E-state index contributed by atoms with van der Waals surface area (Å²) in [6.07, 6.45) is 6.38. The van der Waals surface area contributed by atoms with Crippen molar-refractivity contribution in [3.05, 3.63) is 36.9 Å². The molecule has 1 N–H and O–H groups in total. The maximum absolute atomic E-state index is 4.40. The number of hydrogen-bond donors (Lipinski definition) is 1. The molecular formula is C14H17N5. The quantitative estimate of drug-likeness (QED) is 0.877.